The minimum atomic E-state index is -1.92. The highest BCUT2D eigenvalue weighted by Crippen LogP contribution is 2.24. The van der Waals surface area contributed by atoms with Crippen LogP contribution >= 0.6 is 23.4 Å². The van der Waals surface area contributed by atoms with Crippen LogP contribution in [0.3, 0.4) is 0 Å². The molecule has 1 fully saturated rings. The van der Waals surface area contributed by atoms with Crippen molar-refractivity contribution in [3.8, 4) is 0 Å². The Morgan fingerprint density at radius 3 is 1.44 bits per heavy atom. The SMILES string of the molecule is CC(=O)Nc1ccc(C[C@H](NC(=O)[C@H](CO)NC(=O)[C@@H](CCC(N)=O)NC(=O)[C@@H](Cc2ccc(Cl)cc2)NC(=O)[C@@H](Cc2ccc3ccccc3c2)NC(C)=O)C(=O)N[C@H](Cc2ccc(NC(C)=O)cc2)C(=O)N[C@H](SC(C)C)C(=O)N[C@@H](CCCCNC(C)C)C(=O)N2CCC[C@H]2C(=O)N[C@H](C)C(N)=O)cc1. The van der Waals surface area contributed by atoms with Crippen LogP contribution in [-0.4, -0.2) is 183 Å². The second kappa shape index (κ2) is 42.7. The Labute approximate surface area is 636 Å². The predicted octanol–water partition coefficient (Wildman–Crippen LogP) is 2.09. The highest BCUT2D eigenvalue weighted by atomic mass is 35.5. The minimum Gasteiger partial charge on any atom is -0.394 e. The van der Waals surface area contributed by atoms with Gasteiger partial charge >= 0.3 is 0 Å². The number of hydrogen-bond donors (Lipinski definition) is 15. The van der Waals surface area contributed by atoms with Crippen LogP contribution in [-0.2, 0) is 92.8 Å². The summed E-state index contributed by atoms with van der Waals surface area (Å²) in [6, 6.07) is 19.1. The Balaban J connectivity index is 1.30. The molecule has 108 heavy (non-hydrogen) atoms. The molecule has 0 aliphatic carbocycles. The third-order valence-corrected chi connectivity index (χ3v) is 18.8. The molecule has 0 unspecified atom stereocenters. The molecule has 0 radical (unpaired) electrons. The monoisotopic (exact) mass is 1530 g/mol. The van der Waals surface area contributed by atoms with E-state index in [4.69, 9.17) is 23.1 Å². The number of hydrogen-bond acceptors (Lipinski definition) is 17. The smallest absolute Gasteiger partial charge is 0.253 e. The highest BCUT2D eigenvalue weighted by molar-refractivity contribution is 8.01. The fourth-order valence-corrected chi connectivity index (χ4v) is 12.9. The van der Waals surface area contributed by atoms with E-state index < -0.39 is 150 Å². The van der Waals surface area contributed by atoms with Gasteiger partial charge in [0.05, 0.1) is 6.61 Å². The summed E-state index contributed by atoms with van der Waals surface area (Å²) >= 11 is 7.22. The van der Waals surface area contributed by atoms with Gasteiger partial charge in [-0.1, -0.05) is 118 Å². The summed E-state index contributed by atoms with van der Waals surface area (Å²) in [6.45, 7) is 12.3. The van der Waals surface area contributed by atoms with Crippen molar-refractivity contribution in [1.29, 1.82) is 0 Å². The van der Waals surface area contributed by atoms with Gasteiger partial charge in [0.15, 0.2) is 5.37 Å². The van der Waals surface area contributed by atoms with E-state index in [2.05, 4.69) is 63.8 Å². The number of aliphatic hydroxyl groups excluding tert-OH is 1. The number of aliphatic hydroxyl groups is 1. The Morgan fingerprint density at radius 2 is 0.954 bits per heavy atom. The van der Waals surface area contributed by atoms with E-state index in [1.165, 1.54) is 44.7 Å². The summed E-state index contributed by atoms with van der Waals surface area (Å²) in [5, 5.41) is 43.7. The number of carbonyl (C=O) groups excluding carboxylic acids is 14. The van der Waals surface area contributed by atoms with Gasteiger partial charge in [-0.2, -0.15) is 0 Å². The molecule has 0 spiro atoms. The average molecular weight is 1530 g/mol. The fraction of sp³-hybridized carbons (Fsp3) is 0.447. The molecule has 6 rings (SSSR count). The van der Waals surface area contributed by atoms with Gasteiger partial charge in [-0.25, -0.2) is 0 Å². The summed E-state index contributed by atoms with van der Waals surface area (Å²) < 4.78 is 0. The molecule has 0 saturated carbocycles. The maximum atomic E-state index is 15.2. The second-order valence-corrected chi connectivity index (χ2v) is 29.3. The highest BCUT2D eigenvalue weighted by Gasteiger charge is 2.41. The van der Waals surface area contributed by atoms with Crippen LogP contribution in [0, 0.1) is 0 Å². The van der Waals surface area contributed by atoms with Gasteiger partial charge < -0.3 is 85.3 Å². The summed E-state index contributed by atoms with van der Waals surface area (Å²) in [6.07, 6.45) is 0.0326. The van der Waals surface area contributed by atoms with Crippen molar-refractivity contribution in [2.24, 2.45) is 11.5 Å². The number of unbranched alkanes of at least 4 members (excludes halogenated alkanes) is 1. The number of thioether (sulfide) groups is 1. The van der Waals surface area contributed by atoms with E-state index in [0.29, 0.717) is 64.5 Å². The van der Waals surface area contributed by atoms with Crippen molar-refractivity contribution in [2.75, 3.05) is 30.3 Å². The molecule has 1 aliphatic heterocycles. The molecule has 32 heteroatoms. The lowest BCUT2D eigenvalue weighted by molar-refractivity contribution is -0.142. The molecular formula is C76H100ClN15O15S. The number of nitrogens with one attached hydrogen (secondary N) is 12. The Morgan fingerprint density at radius 1 is 0.500 bits per heavy atom. The average Bonchev–Trinajstić information content (AvgIpc) is 1.44. The van der Waals surface area contributed by atoms with Crippen LogP contribution in [0.25, 0.3) is 10.8 Å². The third kappa shape index (κ3) is 28.7. The number of anilines is 2. The van der Waals surface area contributed by atoms with Crippen LogP contribution in [0.1, 0.15) is 123 Å². The maximum absolute atomic E-state index is 15.2. The third-order valence-electron chi connectivity index (χ3n) is 17.4. The van der Waals surface area contributed by atoms with Crippen LogP contribution in [0.15, 0.2) is 115 Å². The van der Waals surface area contributed by atoms with E-state index in [1.807, 2.05) is 50.2 Å². The van der Waals surface area contributed by atoms with Crippen molar-refractivity contribution in [2.45, 2.75) is 197 Å². The van der Waals surface area contributed by atoms with Gasteiger partial charge in [0, 0.05) is 87.1 Å². The first-order valence-electron chi connectivity index (χ1n) is 35.8. The quantitative estimate of drug-likeness (QED) is 0.0197. The molecule has 582 valence electrons. The zero-order valence-corrected chi connectivity index (χ0v) is 63.4. The molecular weight excluding hydrogens is 1430 g/mol. The number of primary amides is 2. The number of likely N-dealkylation sites (tertiary alicyclic amines) is 1. The summed E-state index contributed by atoms with van der Waals surface area (Å²) in [5.41, 5.74) is 13.8. The first-order valence-corrected chi connectivity index (χ1v) is 37.1. The largest absolute Gasteiger partial charge is 0.394 e. The molecule has 30 nitrogen and oxygen atoms in total. The van der Waals surface area contributed by atoms with Gasteiger partial charge in [0.25, 0.3) is 5.91 Å². The van der Waals surface area contributed by atoms with E-state index in [-0.39, 0.29) is 68.2 Å². The molecule has 1 heterocycles. The van der Waals surface area contributed by atoms with Crippen molar-refractivity contribution in [3.05, 3.63) is 143 Å². The van der Waals surface area contributed by atoms with Crippen molar-refractivity contribution >= 4 is 128 Å². The first-order chi connectivity index (χ1) is 51.2. The van der Waals surface area contributed by atoms with Crippen LogP contribution in [0.2, 0.25) is 5.02 Å². The number of benzene rings is 5. The molecule has 14 amide bonds. The molecule has 0 bridgehead atoms. The van der Waals surface area contributed by atoms with Gasteiger partial charge in [-0.3, -0.25) is 67.1 Å². The van der Waals surface area contributed by atoms with Gasteiger partial charge in [-0.15, -0.1) is 11.8 Å². The van der Waals surface area contributed by atoms with Gasteiger partial charge in [0.1, 0.15) is 54.4 Å². The Hall–Kier alpha value is -10.5. The van der Waals surface area contributed by atoms with Crippen LogP contribution in [0.5, 0.6) is 0 Å². The van der Waals surface area contributed by atoms with Crippen LogP contribution < -0.4 is 75.3 Å². The van der Waals surface area contributed by atoms with Gasteiger partial charge in [-0.05, 0) is 121 Å². The van der Waals surface area contributed by atoms with Crippen molar-refractivity contribution < 1.29 is 72.2 Å². The fourth-order valence-electron chi connectivity index (χ4n) is 11.9. The molecule has 1 aliphatic rings. The van der Waals surface area contributed by atoms with E-state index >= 15 is 9.59 Å². The molecule has 5 aromatic carbocycles. The number of nitrogens with zero attached hydrogens (tertiary/aromatic N) is 1. The summed E-state index contributed by atoms with van der Waals surface area (Å²) in [5.74, 6) is -11.0. The molecule has 17 N–H and O–H groups in total. The van der Waals surface area contributed by atoms with Gasteiger partial charge in [0.2, 0.25) is 76.8 Å². The summed E-state index contributed by atoms with van der Waals surface area (Å²) in [7, 11) is 0. The Bertz CT molecular complexity index is 4000. The first kappa shape index (κ1) is 86.4. The molecule has 0 aromatic heterocycles. The number of halogens is 1. The number of carbonyl (C=O) groups is 14. The topological polar surface area (TPSA) is 459 Å². The molecule has 10 atom stereocenters. The van der Waals surface area contributed by atoms with Crippen LogP contribution in [0.4, 0.5) is 11.4 Å². The molecule has 5 aromatic rings. The van der Waals surface area contributed by atoms with E-state index in [1.54, 1.807) is 80.6 Å². The zero-order chi connectivity index (χ0) is 79.3. The predicted molar refractivity (Wildman–Crippen MR) is 410 cm³/mol. The van der Waals surface area contributed by atoms with Crippen molar-refractivity contribution in [3.63, 3.8) is 0 Å². The minimum absolute atomic E-state index is 0.00332. The maximum Gasteiger partial charge on any atom is 0.253 e. The number of fused-ring (bicyclic) bond motifs is 1. The second-order valence-electron chi connectivity index (χ2n) is 27.2. The van der Waals surface area contributed by atoms with E-state index in [9.17, 15) is 62.6 Å². The standard InChI is InChI=1S/C76H100ClN15O15S/c1-42(2)80-34-12-11-16-58(76(107)92-35-13-17-64(92)73(105)81-44(5)66(79)98)86-74(106)75(108-43(3)4)91-71(103)62(39-50-23-30-56(31-24-50)83-46(7)95)88-70(102)61(38-49-21-28-55(29-22-49)82-45(6)94)89-72(104)63(41-93)90-67(99)57(32-33-65(78)97)85-69(101)60(37-48-19-26-54(77)27-20-48)87-68(100)59(84-47(8)96)40-51-18-25-52-14-9-10-15-53(52)36-51/h9-10,14-15,18-31,36,42-44,57-64,75,80,93H,11-13,16-17,32-35,37-41H2,1-8H3,(H2,78,97)(H2,79,98)(H,81,105)(H,82,94)(H,83,95)(H,84,96)(H,85,101)(H,86,106)(H,87,100)(H,88,102)(H,89,104)(H,90,99)(H,91,103)/t44-,57-,58+,59-,60-,61+,62-,63+,64+,75-/m1/s1. The lowest BCUT2D eigenvalue weighted by atomic mass is 9.99. The lowest BCUT2D eigenvalue weighted by Crippen LogP contribution is -2.61. The zero-order valence-electron chi connectivity index (χ0n) is 61.8. The Kier molecular flexibility index (Phi) is 34.2. The normalized spacial score (nSPS) is 15.1. The van der Waals surface area contributed by atoms with Crippen molar-refractivity contribution in [1.82, 2.24) is 58.1 Å². The molecule has 1 saturated heterocycles. The number of amides is 14. The lowest BCUT2D eigenvalue weighted by Gasteiger charge is -2.31. The summed E-state index contributed by atoms with van der Waals surface area (Å²) in [4.78, 5) is 194. The van der Waals surface area contributed by atoms with E-state index in [0.717, 1.165) is 22.5 Å². The number of rotatable bonds is 41. The number of nitrogens with two attached hydrogens (primary N) is 2.